The Balaban J connectivity index is 1.92. The van der Waals surface area contributed by atoms with Crippen LogP contribution >= 0.6 is 0 Å². The number of nitrogens with one attached hydrogen (secondary N) is 1. The number of aromatic nitrogens is 3. The summed E-state index contributed by atoms with van der Waals surface area (Å²) in [6, 6.07) is 7.92. The molecule has 1 atom stereocenters. The van der Waals surface area contributed by atoms with Crippen molar-refractivity contribution < 1.29 is 9.13 Å². The summed E-state index contributed by atoms with van der Waals surface area (Å²) < 4.78 is 20.3. The topological polar surface area (TPSA) is 75.2 Å². The van der Waals surface area contributed by atoms with Crippen LogP contribution in [0.5, 0.6) is 5.75 Å². The highest BCUT2D eigenvalue weighted by molar-refractivity contribution is 5.57. The molecule has 0 saturated carbocycles. The number of hydrogen-bond acceptors (Lipinski definition) is 5. The van der Waals surface area contributed by atoms with E-state index in [-0.39, 0.29) is 11.9 Å². The number of ether oxygens (including phenoxy) is 1. The van der Waals surface area contributed by atoms with Crippen LogP contribution in [0.25, 0.3) is 5.65 Å². The molecule has 7 heteroatoms. The molecule has 2 aromatic heterocycles. The zero-order chi connectivity index (χ0) is 16.4. The minimum absolute atomic E-state index is 0.232. The van der Waals surface area contributed by atoms with Gasteiger partial charge in [0.1, 0.15) is 29.0 Å². The normalized spacial score (nSPS) is 11.9. The highest BCUT2D eigenvalue weighted by atomic mass is 19.1. The fourth-order valence-electron chi connectivity index (χ4n) is 2.37. The molecule has 0 fully saturated rings. The first kappa shape index (κ1) is 14.8. The zero-order valence-electron chi connectivity index (χ0n) is 12.6. The van der Waals surface area contributed by atoms with Crippen molar-refractivity contribution in [1.29, 1.82) is 5.26 Å². The summed E-state index contributed by atoms with van der Waals surface area (Å²) in [7, 11) is 1.54. The summed E-state index contributed by atoms with van der Waals surface area (Å²) in [5, 5.41) is 16.3. The van der Waals surface area contributed by atoms with Crippen LogP contribution in [0.4, 0.5) is 10.2 Å². The Labute approximate surface area is 132 Å². The van der Waals surface area contributed by atoms with E-state index in [0.717, 1.165) is 0 Å². The Morgan fingerprint density at radius 2 is 2.22 bits per heavy atom. The summed E-state index contributed by atoms with van der Waals surface area (Å²) >= 11 is 0. The standard InChI is InChI=1S/C16H14FN5O/c1-10(13-7-12(17)3-4-14(13)23-2)20-15-5-6-22-16(21-15)11(8-18)9-19-22/h3-7,9-10H,1-2H3,(H,20,21)/t10-/m1/s1. The van der Waals surface area contributed by atoms with Gasteiger partial charge >= 0.3 is 0 Å². The first-order chi connectivity index (χ1) is 11.1. The summed E-state index contributed by atoms with van der Waals surface area (Å²) in [5.41, 5.74) is 1.55. The molecule has 1 N–H and O–H groups in total. The average molecular weight is 311 g/mol. The third-order valence-electron chi connectivity index (χ3n) is 3.51. The van der Waals surface area contributed by atoms with Crippen LogP contribution in [0.15, 0.2) is 36.7 Å². The molecule has 0 saturated heterocycles. The Kier molecular flexibility index (Phi) is 3.81. The quantitative estimate of drug-likeness (QED) is 0.802. The van der Waals surface area contributed by atoms with Crippen LogP contribution in [0.3, 0.4) is 0 Å². The Bertz CT molecular complexity index is 899. The SMILES string of the molecule is COc1ccc(F)cc1[C@@H](C)Nc1ccn2ncc(C#N)c2n1. The van der Waals surface area contributed by atoms with Gasteiger partial charge in [-0.15, -0.1) is 0 Å². The molecule has 3 aromatic rings. The Morgan fingerprint density at radius 1 is 1.39 bits per heavy atom. The van der Waals surface area contributed by atoms with Crippen molar-refractivity contribution in [2.24, 2.45) is 0 Å². The second-order valence-corrected chi connectivity index (χ2v) is 5.00. The Morgan fingerprint density at radius 3 is 2.96 bits per heavy atom. The molecule has 0 amide bonds. The molecule has 0 unspecified atom stereocenters. The van der Waals surface area contributed by atoms with Crippen molar-refractivity contribution >= 4 is 11.5 Å². The molecule has 116 valence electrons. The second kappa shape index (κ2) is 5.93. The van der Waals surface area contributed by atoms with Gasteiger partial charge in [0, 0.05) is 11.8 Å². The van der Waals surface area contributed by atoms with E-state index in [1.807, 2.05) is 13.0 Å². The minimum Gasteiger partial charge on any atom is -0.496 e. The van der Waals surface area contributed by atoms with Gasteiger partial charge in [0.05, 0.1) is 19.3 Å². The molecule has 0 spiro atoms. The van der Waals surface area contributed by atoms with Crippen molar-refractivity contribution in [3.63, 3.8) is 0 Å². The number of nitriles is 1. The first-order valence-electron chi connectivity index (χ1n) is 6.97. The average Bonchev–Trinajstić information content (AvgIpc) is 2.97. The number of rotatable bonds is 4. The van der Waals surface area contributed by atoms with E-state index < -0.39 is 0 Å². The van der Waals surface area contributed by atoms with Gasteiger partial charge in [-0.3, -0.25) is 0 Å². The molecule has 0 aliphatic heterocycles. The van der Waals surface area contributed by atoms with Gasteiger partial charge in [-0.1, -0.05) is 0 Å². The van der Waals surface area contributed by atoms with E-state index in [1.165, 1.54) is 22.8 Å². The molecule has 23 heavy (non-hydrogen) atoms. The predicted molar refractivity (Wildman–Crippen MR) is 82.7 cm³/mol. The summed E-state index contributed by atoms with van der Waals surface area (Å²) in [5.74, 6) is 0.822. The number of anilines is 1. The Hall–Kier alpha value is -3.14. The smallest absolute Gasteiger partial charge is 0.175 e. The van der Waals surface area contributed by atoms with Crippen LogP contribution in [0.1, 0.15) is 24.1 Å². The van der Waals surface area contributed by atoms with Crippen LogP contribution in [0.2, 0.25) is 0 Å². The molecular formula is C16H14FN5O. The number of halogens is 1. The largest absolute Gasteiger partial charge is 0.496 e. The van der Waals surface area contributed by atoms with Crippen LogP contribution < -0.4 is 10.1 Å². The van der Waals surface area contributed by atoms with E-state index in [4.69, 9.17) is 10.00 Å². The van der Waals surface area contributed by atoms with Gasteiger partial charge in [0.2, 0.25) is 0 Å². The van der Waals surface area contributed by atoms with Crippen LogP contribution in [-0.2, 0) is 0 Å². The number of hydrogen-bond donors (Lipinski definition) is 1. The molecule has 2 heterocycles. The zero-order valence-corrected chi connectivity index (χ0v) is 12.6. The van der Waals surface area contributed by atoms with Crippen LogP contribution in [0, 0.1) is 17.1 Å². The van der Waals surface area contributed by atoms with Gasteiger partial charge in [0.15, 0.2) is 5.65 Å². The lowest BCUT2D eigenvalue weighted by Crippen LogP contribution is -2.10. The maximum atomic E-state index is 13.5. The predicted octanol–water partition coefficient (Wildman–Crippen LogP) is 2.92. The second-order valence-electron chi connectivity index (χ2n) is 5.00. The van der Waals surface area contributed by atoms with E-state index in [2.05, 4.69) is 15.4 Å². The summed E-state index contributed by atoms with van der Waals surface area (Å²) in [4.78, 5) is 4.38. The summed E-state index contributed by atoms with van der Waals surface area (Å²) in [6.45, 7) is 1.88. The third-order valence-corrected chi connectivity index (χ3v) is 3.51. The maximum Gasteiger partial charge on any atom is 0.175 e. The van der Waals surface area contributed by atoms with Gasteiger partial charge in [-0.25, -0.2) is 13.9 Å². The molecule has 0 aliphatic carbocycles. The lowest BCUT2D eigenvalue weighted by atomic mass is 10.1. The van der Waals surface area contributed by atoms with Crippen molar-refractivity contribution in [3.8, 4) is 11.8 Å². The maximum absolute atomic E-state index is 13.5. The molecule has 6 nitrogen and oxygen atoms in total. The van der Waals surface area contributed by atoms with Crippen molar-refractivity contribution in [1.82, 2.24) is 14.6 Å². The number of nitrogens with zero attached hydrogens (tertiary/aromatic N) is 4. The van der Waals surface area contributed by atoms with E-state index in [9.17, 15) is 4.39 Å². The lowest BCUT2D eigenvalue weighted by Gasteiger charge is -2.18. The van der Waals surface area contributed by atoms with Gasteiger partial charge in [-0.05, 0) is 31.2 Å². The lowest BCUT2D eigenvalue weighted by molar-refractivity contribution is 0.406. The van der Waals surface area contributed by atoms with Crippen LogP contribution in [-0.4, -0.2) is 21.7 Å². The van der Waals surface area contributed by atoms with Crippen molar-refractivity contribution in [2.75, 3.05) is 12.4 Å². The minimum atomic E-state index is -0.333. The number of methoxy groups -OCH3 is 1. The van der Waals surface area contributed by atoms with Crippen molar-refractivity contribution in [2.45, 2.75) is 13.0 Å². The number of benzene rings is 1. The monoisotopic (exact) mass is 311 g/mol. The molecule has 0 aliphatic rings. The highest BCUT2D eigenvalue weighted by Gasteiger charge is 2.14. The molecule has 3 rings (SSSR count). The summed E-state index contributed by atoms with van der Waals surface area (Å²) in [6.07, 6.45) is 3.17. The number of fused-ring (bicyclic) bond motifs is 1. The fourth-order valence-corrected chi connectivity index (χ4v) is 2.37. The van der Waals surface area contributed by atoms with Gasteiger partial charge in [-0.2, -0.15) is 10.4 Å². The molecule has 0 bridgehead atoms. The van der Waals surface area contributed by atoms with E-state index >= 15 is 0 Å². The van der Waals surface area contributed by atoms with Crippen molar-refractivity contribution in [3.05, 3.63) is 53.6 Å². The highest BCUT2D eigenvalue weighted by Crippen LogP contribution is 2.28. The van der Waals surface area contributed by atoms with Gasteiger partial charge in [0.25, 0.3) is 0 Å². The van der Waals surface area contributed by atoms with E-state index in [0.29, 0.717) is 28.3 Å². The van der Waals surface area contributed by atoms with Gasteiger partial charge < -0.3 is 10.1 Å². The third kappa shape index (κ3) is 2.79. The molecular weight excluding hydrogens is 297 g/mol. The fraction of sp³-hybridized carbons (Fsp3) is 0.188. The molecule has 0 radical (unpaired) electrons. The van der Waals surface area contributed by atoms with E-state index in [1.54, 1.807) is 25.4 Å². The molecule has 1 aromatic carbocycles. The first-order valence-corrected chi connectivity index (χ1v) is 6.97.